The molecule has 16 nitrogen and oxygen atoms in total. The second kappa shape index (κ2) is 14.8. The first kappa shape index (κ1) is 38.4. The Morgan fingerprint density at radius 1 is 0.745 bits per heavy atom. The third-order valence-electron chi connectivity index (χ3n) is 10.0. The van der Waals surface area contributed by atoms with Crippen molar-refractivity contribution in [2.24, 2.45) is 29.8 Å². The smallest absolute Gasteiger partial charge is 0.298 e. The van der Waals surface area contributed by atoms with E-state index in [4.69, 9.17) is 10.7 Å². The Morgan fingerprint density at radius 2 is 1.25 bits per heavy atom. The van der Waals surface area contributed by atoms with Gasteiger partial charge in [0.05, 0.1) is 33.5 Å². The van der Waals surface area contributed by atoms with Crippen molar-refractivity contribution in [2.45, 2.75) is 79.6 Å². The number of nitrogens with zero attached hydrogens (tertiary/aromatic N) is 10. The number of amides is 4. The molecule has 4 heterocycles. The third kappa shape index (κ3) is 7.06. The maximum absolute atomic E-state index is 13.8. The van der Waals surface area contributed by atoms with Gasteiger partial charge in [-0.1, -0.05) is 0 Å². The molecule has 6 aromatic rings. The van der Waals surface area contributed by atoms with E-state index in [-0.39, 0.29) is 5.91 Å². The van der Waals surface area contributed by atoms with Gasteiger partial charge in [-0.2, -0.15) is 20.2 Å². The Kier molecular flexibility index (Phi) is 10.4. The fourth-order valence-corrected chi connectivity index (χ4v) is 7.28. The molecule has 3 N–H and O–H groups in total. The second-order valence-electron chi connectivity index (χ2n) is 14.3. The second-order valence-corrected chi connectivity index (χ2v) is 14.3. The Morgan fingerprint density at radius 3 is 1.82 bits per heavy atom. The molecular formula is C39H48N12O4. The van der Waals surface area contributed by atoms with Crippen LogP contribution in [-0.2, 0) is 39.3 Å². The lowest BCUT2D eigenvalue weighted by molar-refractivity contribution is 0.0959. The highest BCUT2D eigenvalue weighted by atomic mass is 16.2. The average molecular weight is 749 g/mol. The highest BCUT2D eigenvalue weighted by molar-refractivity contribution is 5.98. The van der Waals surface area contributed by atoms with E-state index in [1.54, 1.807) is 64.4 Å². The van der Waals surface area contributed by atoms with Crippen LogP contribution < -0.4 is 22.3 Å². The van der Waals surface area contributed by atoms with Crippen molar-refractivity contribution in [3.63, 3.8) is 0 Å². The largest absolute Gasteiger partial charge is 0.366 e. The van der Waals surface area contributed by atoms with Gasteiger partial charge in [-0.05, 0) is 103 Å². The lowest BCUT2D eigenvalue weighted by Gasteiger charge is -2.28. The van der Waals surface area contributed by atoms with Crippen molar-refractivity contribution < 1.29 is 19.2 Å². The van der Waals surface area contributed by atoms with Crippen LogP contribution in [0, 0.1) is 13.8 Å². The predicted octanol–water partition coefficient (Wildman–Crippen LogP) is 3.48. The van der Waals surface area contributed by atoms with E-state index in [9.17, 15) is 19.2 Å². The van der Waals surface area contributed by atoms with Crippen molar-refractivity contribution in [3.8, 4) is 0 Å². The number of nitrogens with two attached hydrogens (primary N) is 1. The van der Waals surface area contributed by atoms with Crippen molar-refractivity contribution in [1.82, 2.24) is 43.1 Å². The van der Waals surface area contributed by atoms with Crippen LogP contribution in [0.5, 0.6) is 0 Å². The van der Waals surface area contributed by atoms with Gasteiger partial charge in [0, 0.05) is 57.4 Å². The van der Waals surface area contributed by atoms with Gasteiger partial charge in [0.25, 0.3) is 17.7 Å². The van der Waals surface area contributed by atoms with Crippen molar-refractivity contribution >= 4 is 45.7 Å². The highest BCUT2D eigenvalue weighted by Gasteiger charge is 2.27. The van der Waals surface area contributed by atoms with Gasteiger partial charge >= 0.3 is 0 Å². The van der Waals surface area contributed by atoms with E-state index in [0.717, 1.165) is 22.2 Å². The van der Waals surface area contributed by atoms with Crippen LogP contribution in [0.15, 0.2) is 58.5 Å². The molecule has 0 saturated heterocycles. The van der Waals surface area contributed by atoms with Gasteiger partial charge in [0.2, 0.25) is 17.1 Å². The zero-order valence-electron chi connectivity index (χ0n) is 32.8. The van der Waals surface area contributed by atoms with E-state index >= 15 is 0 Å². The third-order valence-corrected chi connectivity index (χ3v) is 10.0. The van der Waals surface area contributed by atoms with Gasteiger partial charge in [-0.25, -0.2) is 0 Å². The van der Waals surface area contributed by atoms with E-state index < -0.39 is 23.3 Å². The van der Waals surface area contributed by atoms with Crippen LogP contribution in [0.1, 0.15) is 93.6 Å². The molecule has 0 saturated carbocycles. The first-order valence-electron chi connectivity index (χ1n) is 18.3. The lowest BCUT2D eigenvalue weighted by atomic mass is 9.97. The normalized spacial score (nSPS) is 12.7. The molecule has 0 fully saturated rings. The Balaban J connectivity index is 1.44. The van der Waals surface area contributed by atoms with Crippen LogP contribution in [-0.4, -0.2) is 68.5 Å². The van der Waals surface area contributed by atoms with E-state index in [1.807, 2.05) is 60.6 Å². The number of carbonyl (C=O) groups is 4. The maximum atomic E-state index is 13.8. The molecule has 0 radical (unpaired) electrons. The van der Waals surface area contributed by atoms with Crippen LogP contribution in [0.4, 0.5) is 0 Å². The minimum Gasteiger partial charge on any atom is -0.366 e. The van der Waals surface area contributed by atoms with Crippen LogP contribution in [0.3, 0.4) is 0 Å². The molecule has 0 aliphatic carbocycles. The number of primary amides is 1. The summed E-state index contributed by atoms with van der Waals surface area (Å²) >= 11 is 0. The molecule has 288 valence electrons. The number of benzene rings is 2. The first-order chi connectivity index (χ1) is 26.1. The summed E-state index contributed by atoms with van der Waals surface area (Å²) in [5.74, 6) is -1.65. The van der Waals surface area contributed by atoms with Gasteiger partial charge < -0.3 is 29.3 Å². The molecule has 4 aromatic heterocycles. The summed E-state index contributed by atoms with van der Waals surface area (Å²) in [7, 11) is 5.22. The molecule has 0 aliphatic heterocycles. The Hall–Kier alpha value is -6.32. The number of aromatic nitrogens is 8. The SMILES string of the molecule is CCn1nc(C)cc1C(=O)N=c1n(C)c2cc(C(N)=O)ccc2n1CCCC(C)(C)n1c(=NC(=O)c2cc(C)nn2CC)n(C)c2cc(C(=O)NC)ccc21. The van der Waals surface area contributed by atoms with Crippen molar-refractivity contribution in [1.29, 1.82) is 0 Å². The number of hydrogen-bond acceptors (Lipinski definition) is 6. The lowest BCUT2D eigenvalue weighted by Crippen LogP contribution is -2.38. The number of nitrogens with one attached hydrogen (secondary N) is 1. The molecule has 6 rings (SSSR count). The molecule has 0 aliphatic rings. The average Bonchev–Trinajstić information content (AvgIpc) is 3.88. The standard InChI is InChI=1S/C39H48N12O4/c1-10-49-31(19-23(3)44-49)35(54)42-37-46(8)29-21-25(33(40)52)13-15-27(29)48(37)18-12-17-39(5,6)51-28-16-14-26(34(53)41-7)22-30(28)47(9)38(51)43-36(55)32-20-24(4)45-50(32)11-2/h13-16,19-22H,10-12,17-18H2,1-9H3,(H2,40,52)(H,41,53). The van der Waals surface area contributed by atoms with Gasteiger partial charge in [0.1, 0.15) is 11.4 Å². The summed E-state index contributed by atoms with van der Waals surface area (Å²) in [5, 5.41) is 11.5. The molecule has 0 atom stereocenters. The van der Waals surface area contributed by atoms with Crippen LogP contribution >= 0.6 is 0 Å². The Bertz CT molecular complexity index is 2660. The summed E-state index contributed by atoms with van der Waals surface area (Å²) in [6.45, 7) is 13.2. The summed E-state index contributed by atoms with van der Waals surface area (Å²) in [6.07, 6.45) is 1.22. The number of imidazole rings is 2. The Labute approximate surface area is 317 Å². The molecule has 16 heteroatoms. The zero-order valence-corrected chi connectivity index (χ0v) is 32.8. The molecule has 2 aromatic carbocycles. The molecule has 0 spiro atoms. The molecule has 0 bridgehead atoms. The van der Waals surface area contributed by atoms with Crippen molar-refractivity contribution in [2.75, 3.05) is 7.05 Å². The van der Waals surface area contributed by atoms with Crippen molar-refractivity contribution in [3.05, 3.63) is 93.7 Å². The maximum Gasteiger partial charge on any atom is 0.298 e. The molecule has 4 amide bonds. The van der Waals surface area contributed by atoms with E-state index in [0.29, 0.717) is 77.4 Å². The van der Waals surface area contributed by atoms with Crippen LogP contribution in [0.2, 0.25) is 0 Å². The molecular weight excluding hydrogens is 701 g/mol. The summed E-state index contributed by atoms with van der Waals surface area (Å²) < 4.78 is 10.9. The summed E-state index contributed by atoms with van der Waals surface area (Å²) in [6, 6.07) is 14.1. The minimum atomic E-state index is -0.614. The molecule has 55 heavy (non-hydrogen) atoms. The van der Waals surface area contributed by atoms with E-state index in [1.165, 1.54) is 0 Å². The monoisotopic (exact) mass is 748 g/mol. The number of aryl methyl sites for hydroxylation is 7. The first-order valence-corrected chi connectivity index (χ1v) is 18.3. The topological polar surface area (TPSA) is 186 Å². The number of rotatable bonds is 11. The zero-order chi connectivity index (χ0) is 39.9. The van der Waals surface area contributed by atoms with E-state index in [2.05, 4.69) is 34.4 Å². The van der Waals surface area contributed by atoms with Gasteiger partial charge in [0.15, 0.2) is 0 Å². The van der Waals surface area contributed by atoms with Crippen LogP contribution in [0.25, 0.3) is 22.1 Å². The number of hydrogen-bond donors (Lipinski definition) is 2. The number of fused-ring (bicyclic) bond motifs is 2. The fraction of sp³-hybridized carbons (Fsp3) is 0.385. The van der Waals surface area contributed by atoms with Gasteiger partial charge in [-0.3, -0.25) is 28.5 Å². The van der Waals surface area contributed by atoms with Gasteiger partial charge in [-0.15, -0.1) is 0 Å². The summed E-state index contributed by atoms with van der Waals surface area (Å²) in [5.41, 5.74) is 11.9. The fourth-order valence-electron chi connectivity index (χ4n) is 7.28. The number of carbonyl (C=O) groups excluding carboxylic acids is 4. The predicted molar refractivity (Wildman–Crippen MR) is 207 cm³/mol. The summed E-state index contributed by atoms with van der Waals surface area (Å²) in [4.78, 5) is 61.5. The minimum absolute atomic E-state index is 0.227. The molecule has 0 unspecified atom stereocenters. The quantitative estimate of drug-likeness (QED) is 0.204. The highest BCUT2D eigenvalue weighted by Crippen LogP contribution is 2.27.